The molecule has 0 N–H and O–H groups in total. The first-order valence-electron chi connectivity index (χ1n) is 5.52. The van der Waals surface area contributed by atoms with Gasteiger partial charge in [-0.3, -0.25) is 9.59 Å². The highest BCUT2D eigenvalue weighted by Gasteiger charge is 2.17. The normalized spacial score (nSPS) is 15.3. The largest absolute Gasteiger partial charge is 0.466 e. The Balaban J connectivity index is 2.87. The Morgan fingerprint density at radius 1 is 0.850 bits per heavy atom. The van der Waals surface area contributed by atoms with Gasteiger partial charge in [-0.25, -0.2) is 9.59 Å². The summed E-state index contributed by atoms with van der Waals surface area (Å²) in [5.74, 6) is -2.17. The average Bonchev–Trinajstić information content (AvgIpc) is 2.45. The van der Waals surface area contributed by atoms with E-state index in [0.29, 0.717) is 0 Å². The number of carbonyl (C=O) groups excluding carboxylic acids is 4. The maximum atomic E-state index is 11.7. The van der Waals surface area contributed by atoms with E-state index in [-0.39, 0.29) is 11.1 Å². The first-order valence-corrected chi connectivity index (χ1v) is 5.52. The van der Waals surface area contributed by atoms with Gasteiger partial charge in [0.1, 0.15) is 0 Å². The Morgan fingerprint density at radius 3 is 1.50 bits per heavy atom. The van der Waals surface area contributed by atoms with Crippen molar-refractivity contribution in [1.29, 1.82) is 0 Å². The van der Waals surface area contributed by atoms with Crippen LogP contribution in [0.15, 0.2) is 47.6 Å². The Bertz CT molecular complexity index is 522. The molecule has 0 atom stereocenters. The van der Waals surface area contributed by atoms with Crippen LogP contribution in [0.5, 0.6) is 0 Å². The topological polar surface area (TPSA) is 86.7 Å². The van der Waals surface area contributed by atoms with E-state index in [0.717, 1.165) is 24.3 Å². The molecule has 0 amide bonds. The van der Waals surface area contributed by atoms with Crippen LogP contribution >= 0.6 is 0 Å². The second-order valence-electron chi connectivity index (χ2n) is 3.64. The zero-order valence-electron chi connectivity index (χ0n) is 10.9. The predicted octanol–water partition coefficient (Wildman–Crippen LogP) is 0.449. The van der Waals surface area contributed by atoms with Gasteiger partial charge in [0.2, 0.25) is 0 Å². The van der Waals surface area contributed by atoms with Gasteiger partial charge >= 0.3 is 11.9 Å². The van der Waals surface area contributed by atoms with Crippen LogP contribution in [-0.4, -0.2) is 37.7 Å². The zero-order valence-corrected chi connectivity index (χ0v) is 10.9. The van der Waals surface area contributed by atoms with E-state index >= 15 is 0 Å². The van der Waals surface area contributed by atoms with Crippen molar-refractivity contribution in [3.63, 3.8) is 0 Å². The lowest BCUT2D eigenvalue weighted by molar-refractivity contribution is -0.135. The molecule has 0 unspecified atom stereocenters. The van der Waals surface area contributed by atoms with Gasteiger partial charge in [0, 0.05) is 23.3 Å². The van der Waals surface area contributed by atoms with Crippen LogP contribution in [0, 0.1) is 0 Å². The van der Waals surface area contributed by atoms with Gasteiger partial charge in [-0.2, -0.15) is 0 Å². The van der Waals surface area contributed by atoms with Gasteiger partial charge < -0.3 is 9.47 Å². The minimum Gasteiger partial charge on any atom is -0.466 e. The van der Waals surface area contributed by atoms with E-state index in [1.165, 1.54) is 26.4 Å². The maximum Gasteiger partial charge on any atom is 0.330 e. The summed E-state index contributed by atoms with van der Waals surface area (Å²) in [5, 5.41) is 0. The van der Waals surface area contributed by atoms with Crippen LogP contribution < -0.4 is 0 Å². The Morgan fingerprint density at radius 2 is 1.20 bits per heavy atom. The number of ether oxygens (including phenoxy) is 2. The molecule has 1 rings (SSSR count). The van der Waals surface area contributed by atoms with Crippen molar-refractivity contribution in [2.45, 2.75) is 0 Å². The molecule has 20 heavy (non-hydrogen) atoms. The molecule has 0 bridgehead atoms. The summed E-state index contributed by atoms with van der Waals surface area (Å²) in [6.45, 7) is 0. The predicted molar refractivity (Wildman–Crippen MR) is 68.5 cm³/mol. The molecule has 0 radical (unpaired) electrons. The molecule has 1 aliphatic rings. The van der Waals surface area contributed by atoms with Crippen LogP contribution in [0.4, 0.5) is 0 Å². The number of carbonyl (C=O) groups is 4. The van der Waals surface area contributed by atoms with Gasteiger partial charge in [-0.15, -0.1) is 0 Å². The fourth-order valence-corrected chi connectivity index (χ4v) is 1.30. The Hall–Kier alpha value is -2.76. The summed E-state index contributed by atoms with van der Waals surface area (Å²) in [6, 6.07) is 0. The highest BCUT2D eigenvalue weighted by atomic mass is 16.5. The molecule has 0 aliphatic heterocycles. The van der Waals surface area contributed by atoms with Gasteiger partial charge in [0.15, 0.2) is 11.6 Å². The molecule has 0 aromatic carbocycles. The second kappa shape index (κ2) is 6.98. The number of ketones is 2. The summed E-state index contributed by atoms with van der Waals surface area (Å²) in [7, 11) is 2.40. The molecule has 0 aromatic rings. The minimum absolute atomic E-state index is 0.0654. The standard InChI is InChI=1S/C14H12O6/c1-19-13(17)5-3-9-7-12(16)10(8-11(9)15)4-6-14(18)20-2/h3-8H,1-2H3/b5-3+,6-4+. The molecule has 0 saturated carbocycles. The van der Waals surface area contributed by atoms with Gasteiger partial charge in [0.25, 0.3) is 0 Å². The SMILES string of the molecule is COC(=O)/C=C/C1=CC(=O)C(/C=C/C(=O)OC)=CC1=O. The van der Waals surface area contributed by atoms with E-state index in [9.17, 15) is 19.2 Å². The van der Waals surface area contributed by atoms with Gasteiger partial charge in [-0.1, -0.05) is 0 Å². The summed E-state index contributed by atoms with van der Waals surface area (Å²) < 4.78 is 8.75. The molecule has 6 heteroatoms. The maximum absolute atomic E-state index is 11.7. The van der Waals surface area contributed by atoms with Crippen LogP contribution in [0.2, 0.25) is 0 Å². The molecule has 1 aliphatic carbocycles. The van der Waals surface area contributed by atoms with Crippen LogP contribution in [-0.2, 0) is 28.7 Å². The number of allylic oxidation sites excluding steroid dienone is 6. The van der Waals surface area contributed by atoms with Crippen molar-refractivity contribution in [1.82, 2.24) is 0 Å². The van der Waals surface area contributed by atoms with Crippen molar-refractivity contribution in [2.75, 3.05) is 14.2 Å². The third-order valence-electron chi connectivity index (χ3n) is 2.34. The highest BCUT2D eigenvalue weighted by molar-refractivity contribution is 6.22. The molecular weight excluding hydrogens is 264 g/mol. The summed E-state index contributed by atoms with van der Waals surface area (Å²) in [6.07, 6.45) is 6.64. The van der Waals surface area contributed by atoms with Crippen LogP contribution in [0.1, 0.15) is 0 Å². The first-order chi connectivity index (χ1) is 9.47. The minimum atomic E-state index is -0.633. The quantitative estimate of drug-likeness (QED) is 0.421. The first kappa shape index (κ1) is 15.3. The van der Waals surface area contributed by atoms with Crippen LogP contribution in [0.25, 0.3) is 0 Å². The summed E-state index contributed by atoms with van der Waals surface area (Å²) in [5.41, 5.74) is 0.131. The third-order valence-corrected chi connectivity index (χ3v) is 2.34. The van der Waals surface area contributed by atoms with Crippen molar-refractivity contribution in [3.8, 4) is 0 Å². The van der Waals surface area contributed by atoms with E-state index in [1.54, 1.807) is 0 Å². The van der Waals surface area contributed by atoms with E-state index in [4.69, 9.17) is 0 Å². The third kappa shape index (κ3) is 4.16. The lowest BCUT2D eigenvalue weighted by Crippen LogP contribution is -2.11. The van der Waals surface area contributed by atoms with E-state index in [1.807, 2.05) is 0 Å². The molecule has 0 aromatic heterocycles. The zero-order chi connectivity index (χ0) is 15.1. The summed E-state index contributed by atoms with van der Waals surface area (Å²) in [4.78, 5) is 45.2. The van der Waals surface area contributed by atoms with Crippen molar-refractivity contribution in [2.24, 2.45) is 0 Å². The number of hydrogen-bond acceptors (Lipinski definition) is 6. The smallest absolute Gasteiger partial charge is 0.330 e. The summed E-state index contributed by atoms with van der Waals surface area (Å²) >= 11 is 0. The lowest BCUT2D eigenvalue weighted by atomic mass is 9.96. The fraction of sp³-hybridized carbons (Fsp3) is 0.143. The number of rotatable bonds is 4. The second-order valence-corrected chi connectivity index (χ2v) is 3.64. The van der Waals surface area contributed by atoms with E-state index in [2.05, 4.69) is 9.47 Å². The van der Waals surface area contributed by atoms with Crippen molar-refractivity contribution in [3.05, 3.63) is 47.6 Å². The Kier molecular flexibility index (Phi) is 5.34. The van der Waals surface area contributed by atoms with E-state index < -0.39 is 23.5 Å². The molecule has 0 saturated heterocycles. The molecule has 0 spiro atoms. The van der Waals surface area contributed by atoms with Crippen molar-refractivity contribution < 1.29 is 28.7 Å². The fourth-order valence-electron chi connectivity index (χ4n) is 1.30. The number of esters is 2. The molecule has 6 nitrogen and oxygen atoms in total. The lowest BCUT2D eigenvalue weighted by Gasteiger charge is -2.06. The molecule has 0 fully saturated rings. The average molecular weight is 276 g/mol. The molecular formula is C14H12O6. The number of methoxy groups -OCH3 is 2. The van der Waals surface area contributed by atoms with Gasteiger partial charge in [0.05, 0.1) is 14.2 Å². The number of hydrogen-bond donors (Lipinski definition) is 0. The monoisotopic (exact) mass is 276 g/mol. The highest BCUT2D eigenvalue weighted by Crippen LogP contribution is 2.14. The Labute approximate surface area is 115 Å². The van der Waals surface area contributed by atoms with Gasteiger partial charge in [-0.05, 0) is 24.3 Å². The molecule has 104 valence electrons. The van der Waals surface area contributed by atoms with Crippen molar-refractivity contribution >= 4 is 23.5 Å². The van der Waals surface area contributed by atoms with Crippen LogP contribution in [0.3, 0.4) is 0 Å². The molecule has 0 heterocycles.